The number of carbonyl (C=O) groups excluding carboxylic acids is 1. The van der Waals surface area contributed by atoms with Crippen LogP contribution in [0, 0.1) is 6.92 Å². The van der Waals surface area contributed by atoms with Gasteiger partial charge in [0.05, 0.1) is 6.54 Å². The molecular weight excluding hydrogens is 340 g/mol. The zero-order valence-corrected chi connectivity index (χ0v) is 15.8. The van der Waals surface area contributed by atoms with Gasteiger partial charge in [0.2, 0.25) is 11.8 Å². The molecule has 6 heteroatoms. The molecule has 0 bridgehead atoms. The molecule has 0 aliphatic heterocycles. The predicted molar refractivity (Wildman–Crippen MR) is 103 cm³/mol. The van der Waals surface area contributed by atoms with Crippen molar-refractivity contribution in [3.05, 3.63) is 83.0 Å². The molecule has 140 valence electrons. The number of carbonyl (C=O) groups is 1. The number of amides is 1. The number of benzene rings is 2. The number of aromatic nitrogens is 2. The van der Waals surface area contributed by atoms with E-state index in [1.54, 1.807) is 0 Å². The Hall–Kier alpha value is -2.99. The lowest BCUT2D eigenvalue weighted by Gasteiger charge is -2.25. The Labute approximate surface area is 159 Å². The number of likely N-dealkylation sites (N-methyl/N-ethyl adjacent to an activating group) is 1. The predicted octanol–water partition coefficient (Wildman–Crippen LogP) is 2.89. The van der Waals surface area contributed by atoms with Crippen LogP contribution in [-0.4, -0.2) is 35.0 Å². The molecule has 1 unspecified atom stereocenters. The van der Waals surface area contributed by atoms with Gasteiger partial charge in [-0.1, -0.05) is 59.8 Å². The van der Waals surface area contributed by atoms with Crippen LogP contribution in [0.25, 0.3) is 0 Å². The van der Waals surface area contributed by atoms with Crippen LogP contribution in [0.4, 0.5) is 0 Å². The quantitative estimate of drug-likeness (QED) is 0.698. The van der Waals surface area contributed by atoms with Crippen molar-refractivity contribution in [3.63, 3.8) is 0 Å². The summed E-state index contributed by atoms with van der Waals surface area (Å²) in [5, 5.41) is 6.90. The minimum atomic E-state index is -0.377. The molecule has 1 heterocycles. The lowest BCUT2D eigenvalue weighted by molar-refractivity contribution is -0.126. The number of aryl methyl sites for hydroxylation is 1. The van der Waals surface area contributed by atoms with Crippen molar-refractivity contribution in [3.8, 4) is 0 Å². The zero-order valence-electron chi connectivity index (χ0n) is 15.8. The van der Waals surface area contributed by atoms with E-state index >= 15 is 0 Å². The van der Waals surface area contributed by atoms with Crippen LogP contribution in [0.1, 0.15) is 34.4 Å². The lowest BCUT2D eigenvalue weighted by Crippen LogP contribution is -2.37. The molecule has 0 aliphatic carbocycles. The fourth-order valence-electron chi connectivity index (χ4n) is 3.02. The van der Waals surface area contributed by atoms with Gasteiger partial charge in [0.25, 0.3) is 0 Å². The highest BCUT2D eigenvalue weighted by Crippen LogP contribution is 2.22. The Morgan fingerprint density at radius 2 is 1.81 bits per heavy atom. The van der Waals surface area contributed by atoms with E-state index in [0.29, 0.717) is 18.1 Å². The summed E-state index contributed by atoms with van der Waals surface area (Å²) in [6.45, 7) is 2.21. The maximum atomic E-state index is 12.8. The normalized spacial score (nSPS) is 12.1. The van der Waals surface area contributed by atoms with Crippen molar-refractivity contribution in [1.29, 1.82) is 0 Å². The third-order valence-electron chi connectivity index (χ3n) is 4.38. The van der Waals surface area contributed by atoms with Gasteiger partial charge in [-0.2, -0.15) is 4.98 Å². The summed E-state index contributed by atoms with van der Waals surface area (Å²) in [5.74, 6) is 0.905. The van der Waals surface area contributed by atoms with E-state index in [2.05, 4.69) is 15.5 Å². The minimum Gasteiger partial charge on any atom is -0.345 e. The second kappa shape index (κ2) is 8.60. The van der Waals surface area contributed by atoms with Crippen LogP contribution in [0.15, 0.2) is 59.1 Å². The molecule has 1 atom stereocenters. The SMILES string of the molecule is Cc1ccccc1C(C(=O)NCc1nc(Cc2ccccc2)no1)N(C)C. The van der Waals surface area contributed by atoms with E-state index in [9.17, 15) is 4.79 Å². The van der Waals surface area contributed by atoms with Crippen LogP contribution < -0.4 is 5.32 Å². The molecule has 3 aromatic rings. The Morgan fingerprint density at radius 1 is 1.11 bits per heavy atom. The summed E-state index contributed by atoms with van der Waals surface area (Å²) < 4.78 is 5.27. The van der Waals surface area contributed by atoms with Gasteiger partial charge < -0.3 is 9.84 Å². The molecule has 27 heavy (non-hydrogen) atoms. The van der Waals surface area contributed by atoms with Crippen LogP contribution in [0.3, 0.4) is 0 Å². The first-order chi connectivity index (χ1) is 13.0. The average Bonchev–Trinajstić information content (AvgIpc) is 3.10. The van der Waals surface area contributed by atoms with Gasteiger partial charge in [-0.15, -0.1) is 0 Å². The minimum absolute atomic E-state index is 0.0999. The maximum Gasteiger partial charge on any atom is 0.246 e. The van der Waals surface area contributed by atoms with Crippen molar-refractivity contribution in [2.24, 2.45) is 0 Å². The average molecular weight is 364 g/mol. The van der Waals surface area contributed by atoms with Crippen molar-refractivity contribution in [2.45, 2.75) is 25.9 Å². The maximum absolute atomic E-state index is 12.8. The van der Waals surface area contributed by atoms with Crippen molar-refractivity contribution < 1.29 is 9.32 Å². The number of rotatable bonds is 7. The molecule has 1 amide bonds. The molecule has 0 saturated carbocycles. The molecule has 3 rings (SSSR count). The summed E-state index contributed by atoms with van der Waals surface area (Å²) in [5.41, 5.74) is 3.17. The molecule has 0 spiro atoms. The van der Waals surface area contributed by atoms with Gasteiger partial charge >= 0.3 is 0 Å². The first-order valence-corrected chi connectivity index (χ1v) is 8.89. The van der Waals surface area contributed by atoms with Gasteiger partial charge in [0, 0.05) is 6.42 Å². The van der Waals surface area contributed by atoms with Crippen LogP contribution in [-0.2, 0) is 17.8 Å². The van der Waals surface area contributed by atoms with Crippen LogP contribution in [0.2, 0.25) is 0 Å². The van der Waals surface area contributed by atoms with E-state index < -0.39 is 0 Å². The standard InChI is InChI=1S/C21H24N4O2/c1-15-9-7-8-12-17(15)20(25(2)3)21(26)22-14-19-23-18(24-27-19)13-16-10-5-4-6-11-16/h4-12,20H,13-14H2,1-3H3,(H,22,26). The fourth-order valence-corrected chi connectivity index (χ4v) is 3.02. The molecule has 2 aromatic carbocycles. The van der Waals surface area contributed by atoms with E-state index in [-0.39, 0.29) is 18.5 Å². The topological polar surface area (TPSA) is 71.3 Å². The second-order valence-corrected chi connectivity index (χ2v) is 6.71. The van der Waals surface area contributed by atoms with Gasteiger partial charge in [-0.05, 0) is 37.7 Å². The van der Waals surface area contributed by atoms with E-state index in [1.165, 1.54) is 0 Å². The zero-order chi connectivity index (χ0) is 19.2. The van der Waals surface area contributed by atoms with Crippen LogP contribution in [0.5, 0.6) is 0 Å². The van der Waals surface area contributed by atoms with Gasteiger partial charge in [0.1, 0.15) is 6.04 Å². The molecule has 0 radical (unpaired) electrons. The summed E-state index contributed by atoms with van der Waals surface area (Å²) in [7, 11) is 3.78. The number of hydrogen-bond acceptors (Lipinski definition) is 5. The van der Waals surface area contributed by atoms with E-state index in [4.69, 9.17) is 4.52 Å². The molecular formula is C21H24N4O2. The lowest BCUT2D eigenvalue weighted by atomic mass is 10.00. The number of hydrogen-bond donors (Lipinski definition) is 1. The smallest absolute Gasteiger partial charge is 0.246 e. The second-order valence-electron chi connectivity index (χ2n) is 6.71. The first-order valence-electron chi connectivity index (χ1n) is 8.89. The van der Waals surface area contributed by atoms with Gasteiger partial charge in [-0.25, -0.2) is 0 Å². The van der Waals surface area contributed by atoms with Crippen molar-refractivity contribution in [1.82, 2.24) is 20.4 Å². The largest absolute Gasteiger partial charge is 0.345 e. The van der Waals surface area contributed by atoms with Crippen molar-refractivity contribution >= 4 is 5.91 Å². The summed E-state index contributed by atoms with van der Waals surface area (Å²) in [4.78, 5) is 19.0. The Morgan fingerprint density at radius 3 is 2.52 bits per heavy atom. The molecule has 0 fully saturated rings. The molecule has 0 saturated heterocycles. The molecule has 1 N–H and O–H groups in total. The highest BCUT2D eigenvalue weighted by Gasteiger charge is 2.24. The summed E-state index contributed by atoms with van der Waals surface area (Å²) in [6, 6.07) is 17.5. The van der Waals surface area contributed by atoms with E-state index in [0.717, 1.165) is 16.7 Å². The third-order valence-corrected chi connectivity index (χ3v) is 4.38. The number of nitrogens with zero attached hydrogens (tertiary/aromatic N) is 3. The third kappa shape index (κ3) is 4.80. The van der Waals surface area contributed by atoms with E-state index in [1.807, 2.05) is 80.5 Å². The summed E-state index contributed by atoms with van der Waals surface area (Å²) >= 11 is 0. The molecule has 1 aromatic heterocycles. The molecule has 6 nitrogen and oxygen atoms in total. The Balaban J connectivity index is 1.63. The highest BCUT2D eigenvalue weighted by atomic mass is 16.5. The molecule has 0 aliphatic rings. The monoisotopic (exact) mass is 364 g/mol. The fraction of sp³-hybridized carbons (Fsp3) is 0.286. The Bertz CT molecular complexity index is 890. The highest BCUT2D eigenvalue weighted by molar-refractivity contribution is 5.83. The van der Waals surface area contributed by atoms with Crippen LogP contribution >= 0.6 is 0 Å². The van der Waals surface area contributed by atoms with Gasteiger partial charge in [-0.3, -0.25) is 9.69 Å². The Kier molecular flexibility index (Phi) is 5.98. The van der Waals surface area contributed by atoms with Crippen molar-refractivity contribution in [2.75, 3.05) is 14.1 Å². The van der Waals surface area contributed by atoms with Gasteiger partial charge in [0.15, 0.2) is 5.82 Å². The number of nitrogens with one attached hydrogen (secondary N) is 1. The first kappa shape index (κ1) is 18.8. The summed E-state index contributed by atoms with van der Waals surface area (Å²) in [6.07, 6.45) is 0.599.